The number of ether oxygens (including phenoxy) is 1. The predicted molar refractivity (Wildman–Crippen MR) is 126 cm³/mol. The Balaban J connectivity index is 1.45. The number of rotatable bonds is 6. The molecule has 5 aromatic rings. The van der Waals surface area contributed by atoms with Crippen LogP contribution in [0.4, 0.5) is 19.0 Å². The van der Waals surface area contributed by atoms with Crippen molar-refractivity contribution < 1.29 is 17.9 Å². The highest BCUT2D eigenvalue weighted by molar-refractivity contribution is 5.72. The Morgan fingerprint density at radius 1 is 0.944 bits per heavy atom. The SMILES string of the molecule is N#Cc1c(NCc2ccc(Oc3ccncc3)cc2)nn2c(-c3ccccc3)cc(C(F)(F)F)nc12. The topological polar surface area (TPSA) is 88.1 Å². The monoisotopic (exact) mass is 486 g/mol. The molecule has 0 aliphatic heterocycles. The molecule has 178 valence electrons. The first-order valence-corrected chi connectivity index (χ1v) is 10.8. The van der Waals surface area contributed by atoms with Gasteiger partial charge in [-0.3, -0.25) is 4.98 Å². The highest BCUT2D eigenvalue weighted by Crippen LogP contribution is 2.33. The molecule has 10 heteroatoms. The van der Waals surface area contributed by atoms with E-state index in [0.29, 0.717) is 17.1 Å². The lowest BCUT2D eigenvalue weighted by molar-refractivity contribution is -0.141. The number of hydrogen-bond donors (Lipinski definition) is 1. The second kappa shape index (κ2) is 9.38. The molecule has 3 heterocycles. The van der Waals surface area contributed by atoms with E-state index in [1.807, 2.05) is 18.2 Å². The molecule has 36 heavy (non-hydrogen) atoms. The lowest BCUT2D eigenvalue weighted by Gasteiger charge is -2.10. The predicted octanol–water partition coefficient (Wildman–Crippen LogP) is 6.09. The van der Waals surface area contributed by atoms with Gasteiger partial charge in [-0.15, -0.1) is 5.10 Å². The highest BCUT2D eigenvalue weighted by atomic mass is 19.4. The van der Waals surface area contributed by atoms with E-state index in [1.165, 1.54) is 4.52 Å². The maximum atomic E-state index is 13.6. The van der Waals surface area contributed by atoms with Crippen LogP contribution in [0.3, 0.4) is 0 Å². The number of fused-ring (bicyclic) bond motifs is 1. The Bertz CT molecular complexity index is 1540. The van der Waals surface area contributed by atoms with Crippen LogP contribution in [0.5, 0.6) is 11.5 Å². The average molecular weight is 486 g/mol. The van der Waals surface area contributed by atoms with Crippen LogP contribution in [0.25, 0.3) is 16.9 Å². The molecule has 0 radical (unpaired) electrons. The Hall–Kier alpha value is -4.91. The highest BCUT2D eigenvalue weighted by Gasteiger charge is 2.34. The average Bonchev–Trinajstić information content (AvgIpc) is 3.26. The Labute approximate surface area is 203 Å². The van der Waals surface area contributed by atoms with E-state index in [9.17, 15) is 18.4 Å². The van der Waals surface area contributed by atoms with E-state index < -0.39 is 11.9 Å². The van der Waals surface area contributed by atoms with E-state index >= 15 is 0 Å². The number of nitrogens with zero attached hydrogens (tertiary/aromatic N) is 5. The smallest absolute Gasteiger partial charge is 0.433 e. The summed E-state index contributed by atoms with van der Waals surface area (Å²) in [5, 5.41) is 17.2. The van der Waals surface area contributed by atoms with Crippen molar-refractivity contribution in [2.24, 2.45) is 0 Å². The molecular formula is C26H17F3N6O. The Kier molecular flexibility index (Phi) is 5.96. The van der Waals surface area contributed by atoms with Gasteiger partial charge < -0.3 is 10.1 Å². The van der Waals surface area contributed by atoms with Gasteiger partial charge in [0, 0.05) is 24.5 Å². The van der Waals surface area contributed by atoms with Gasteiger partial charge in [0.05, 0.1) is 5.69 Å². The van der Waals surface area contributed by atoms with Gasteiger partial charge in [-0.1, -0.05) is 42.5 Å². The van der Waals surface area contributed by atoms with Crippen molar-refractivity contribution in [2.75, 3.05) is 5.32 Å². The zero-order chi connectivity index (χ0) is 25.1. The lowest BCUT2D eigenvalue weighted by Crippen LogP contribution is -2.11. The number of nitriles is 1. The number of nitrogens with one attached hydrogen (secondary N) is 1. The molecule has 0 aliphatic rings. The summed E-state index contributed by atoms with van der Waals surface area (Å²) in [7, 11) is 0. The van der Waals surface area contributed by atoms with Gasteiger partial charge in [0.15, 0.2) is 11.5 Å². The van der Waals surface area contributed by atoms with Crippen molar-refractivity contribution in [1.82, 2.24) is 19.6 Å². The molecule has 2 aromatic carbocycles. The zero-order valence-electron chi connectivity index (χ0n) is 18.6. The second-order valence-electron chi connectivity index (χ2n) is 7.74. The number of benzene rings is 2. The maximum absolute atomic E-state index is 13.6. The van der Waals surface area contributed by atoms with Gasteiger partial charge in [0.1, 0.15) is 28.8 Å². The molecule has 1 N–H and O–H groups in total. The van der Waals surface area contributed by atoms with Gasteiger partial charge in [-0.2, -0.15) is 18.4 Å². The van der Waals surface area contributed by atoms with E-state index in [0.717, 1.165) is 11.6 Å². The number of hydrogen-bond acceptors (Lipinski definition) is 6. The largest absolute Gasteiger partial charge is 0.457 e. The first-order valence-electron chi connectivity index (χ1n) is 10.8. The first-order chi connectivity index (χ1) is 17.4. The van der Waals surface area contributed by atoms with E-state index in [1.54, 1.807) is 67.0 Å². The molecule has 0 saturated heterocycles. The van der Waals surface area contributed by atoms with Crippen molar-refractivity contribution >= 4 is 11.5 Å². The van der Waals surface area contributed by atoms with Crippen LogP contribution < -0.4 is 10.1 Å². The Morgan fingerprint density at radius 2 is 1.64 bits per heavy atom. The number of aromatic nitrogens is 4. The van der Waals surface area contributed by atoms with Crippen molar-refractivity contribution in [3.8, 4) is 28.8 Å². The van der Waals surface area contributed by atoms with Crippen LogP contribution in [-0.2, 0) is 12.7 Å². The maximum Gasteiger partial charge on any atom is 0.433 e. The molecule has 0 aliphatic carbocycles. The number of alkyl halides is 3. The van der Waals surface area contributed by atoms with Crippen molar-refractivity contribution in [3.05, 3.63) is 102 Å². The van der Waals surface area contributed by atoms with Gasteiger partial charge in [0.25, 0.3) is 0 Å². The van der Waals surface area contributed by atoms with Crippen LogP contribution in [0.2, 0.25) is 0 Å². The lowest BCUT2D eigenvalue weighted by atomic mass is 10.1. The molecule has 0 spiro atoms. The molecule has 0 bridgehead atoms. The fourth-order valence-corrected chi connectivity index (χ4v) is 3.61. The molecule has 3 aromatic heterocycles. The third-order valence-electron chi connectivity index (χ3n) is 5.33. The van der Waals surface area contributed by atoms with Crippen LogP contribution in [0.1, 0.15) is 16.8 Å². The number of anilines is 1. The van der Waals surface area contributed by atoms with Crippen LogP contribution in [0.15, 0.2) is 85.2 Å². The van der Waals surface area contributed by atoms with Crippen molar-refractivity contribution in [3.63, 3.8) is 0 Å². The normalized spacial score (nSPS) is 11.3. The van der Waals surface area contributed by atoms with Crippen LogP contribution >= 0.6 is 0 Å². The first kappa shape index (κ1) is 22.9. The fraction of sp³-hybridized carbons (Fsp3) is 0.0769. The van der Waals surface area contributed by atoms with Gasteiger partial charge in [0.2, 0.25) is 0 Å². The van der Waals surface area contributed by atoms with E-state index in [4.69, 9.17) is 4.74 Å². The molecule has 0 fully saturated rings. The summed E-state index contributed by atoms with van der Waals surface area (Å²) in [5.41, 5.74) is 0.200. The molecule has 0 amide bonds. The van der Waals surface area contributed by atoms with Crippen LogP contribution in [-0.4, -0.2) is 19.6 Å². The molecule has 0 atom stereocenters. The summed E-state index contributed by atoms with van der Waals surface area (Å²) < 4.78 is 47.8. The van der Waals surface area contributed by atoms with E-state index in [2.05, 4.69) is 20.4 Å². The molecule has 5 rings (SSSR count). The molecule has 0 unspecified atom stereocenters. The summed E-state index contributed by atoms with van der Waals surface area (Å²) in [5.74, 6) is 1.42. The molecule has 7 nitrogen and oxygen atoms in total. The summed E-state index contributed by atoms with van der Waals surface area (Å²) in [4.78, 5) is 7.67. The van der Waals surface area contributed by atoms with Gasteiger partial charge in [-0.05, 0) is 35.9 Å². The third-order valence-corrected chi connectivity index (χ3v) is 5.33. The summed E-state index contributed by atoms with van der Waals surface area (Å²) in [6, 6.07) is 22.1. The van der Waals surface area contributed by atoms with Gasteiger partial charge in [-0.25, -0.2) is 9.50 Å². The molecular weight excluding hydrogens is 469 g/mol. The minimum absolute atomic E-state index is 0.0732. The summed E-state index contributed by atoms with van der Waals surface area (Å²) in [6.45, 7) is 0.279. The van der Waals surface area contributed by atoms with Crippen LogP contribution in [0, 0.1) is 11.3 Å². The zero-order valence-corrected chi connectivity index (χ0v) is 18.6. The quantitative estimate of drug-likeness (QED) is 0.313. The molecule has 0 saturated carbocycles. The minimum Gasteiger partial charge on any atom is -0.457 e. The fourth-order valence-electron chi connectivity index (χ4n) is 3.61. The van der Waals surface area contributed by atoms with Crippen molar-refractivity contribution in [1.29, 1.82) is 5.26 Å². The minimum atomic E-state index is -4.68. The number of pyridine rings is 1. The summed E-state index contributed by atoms with van der Waals surface area (Å²) in [6.07, 6.45) is -1.42. The Morgan fingerprint density at radius 3 is 2.31 bits per heavy atom. The van der Waals surface area contributed by atoms with Crippen molar-refractivity contribution in [2.45, 2.75) is 12.7 Å². The van der Waals surface area contributed by atoms with E-state index in [-0.39, 0.29) is 29.3 Å². The summed E-state index contributed by atoms with van der Waals surface area (Å²) >= 11 is 0. The second-order valence-corrected chi connectivity index (χ2v) is 7.74. The number of halogens is 3. The standard InChI is InChI=1S/C26H17F3N6O/c27-26(28,29)23-14-22(18-4-2-1-3-5-18)35-25(33-23)21(15-30)24(34-35)32-16-17-6-8-19(9-7-17)36-20-10-12-31-13-11-20/h1-14H,16H2,(H,32,34). The van der Waals surface area contributed by atoms with Gasteiger partial charge >= 0.3 is 6.18 Å². The third kappa shape index (κ3) is 4.67.